The molecule has 5 N–H and O–H groups in total. The van der Waals surface area contributed by atoms with Gasteiger partial charge in [0.15, 0.2) is 0 Å². The highest BCUT2D eigenvalue weighted by Gasteiger charge is 2.37. The lowest BCUT2D eigenvalue weighted by Gasteiger charge is -2.43. The molecule has 0 radical (unpaired) electrons. The summed E-state index contributed by atoms with van der Waals surface area (Å²) in [6, 6.07) is 30.1. The average molecular weight is 816 g/mol. The van der Waals surface area contributed by atoms with E-state index in [4.69, 9.17) is 14.2 Å². The Labute approximate surface area is 344 Å². The van der Waals surface area contributed by atoms with E-state index in [0.29, 0.717) is 39.7 Å². The number of aromatic hydroxyl groups is 1. The lowest BCUT2D eigenvalue weighted by atomic mass is 9.86. The molecule has 13 nitrogen and oxygen atoms in total. The number of thiazole rings is 1. The monoisotopic (exact) mass is 815 g/mol. The number of phenols is 1. The van der Waals surface area contributed by atoms with Crippen LogP contribution < -0.4 is 20.9 Å². The molecule has 3 saturated heterocycles. The molecule has 2 aromatic heterocycles. The Morgan fingerprint density at radius 1 is 0.932 bits per heavy atom. The van der Waals surface area contributed by atoms with Crippen LogP contribution in [0, 0.1) is 5.92 Å². The minimum Gasteiger partial charge on any atom is -0.506 e. The molecule has 0 saturated carbocycles. The first-order chi connectivity index (χ1) is 28.8. The zero-order valence-electron chi connectivity index (χ0n) is 32.2. The van der Waals surface area contributed by atoms with Gasteiger partial charge in [0, 0.05) is 42.2 Å². The Hall–Kier alpha value is -6.06. The van der Waals surface area contributed by atoms with E-state index in [1.807, 2.05) is 66.7 Å². The van der Waals surface area contributed by atoms with Crippen molar-refractivity contribution in [3.05, 3.63) is 157 Å². The van der Waals surface area contributed by atoms with Crippen LogP contribution in [0.2, 0.25) is 0 Å². The normalized spacial score (nSPS) is 18.2. The van der Waals surface area contributed by atoms with Crippen LogP contribution in [0.4, 0.5) is 4.79 Å². The maximum absolute atomic E-state index is 13.2. The van der Waals surface area contributed by atoms with Crippen LogP contribution in [0.1, 0.15) is 67.5 Å². The molecule has 5 heterocycles. The quantitative estimate of drug-likeness (QED) is 0.0730. The van der Waals surface area contributed by atoms with Crippen molar-refractivity contribution in [2.45, 2.75) is 50.8 Å². The molecule has 3 aliphatic heterocycles. The summed E-state index contributed by atoms with van der Waals surface area (Å²) < 4.78 is 17.7. The molecule has 3 fully saturated rings. The third kappa shape index (κ3) is 9.81. The highest BCUT2D eigenvalue weighted by Crippen LogP contribution is 2.32. The number of hydrogen-bond donors (Lipinski definition) is 5. The highest BCUT2D eigenvalue weighted by atomic mass is 32.1. The number of alkyl carbamates (subject to hydrolysis) is 1. The molecule has 59 heavy (non-hydrogen) atoms. The molecule has 9 rings (SSSR count). The zero-order chi connectivity index (χ0) is 40.7. The van der Waals surface area contributed by atoms with E-state index in [1.54, 1.807) is 30.5 Å². The van der Waals surface area contributed by atoms with E-state index in [0.717, 1.165) is 54.0 Å². The van der Waals surface area contributed by atoms with Crippen molar-refractivity contribution in [2.75, 3.05) is 26.2 Å². The lowest BCUT2D eigenvalue weighted by Crippen LogP contribution is -2.52. The number of ether oxygens (including phenoxy) is 3. The number of H-pyrrole nitrogens is 1. The van der Waals surface area contributed by atoms with Gasteiger partial charge in [0.25, 0.3) is 0 Å². The molecule has 14 heteroatoms. The molecule has 3 atom stereocenters. The van der Waals surface area contributed by atoms with Gasteiger partial charge in [-0.2, -0.15) is 0 Å². The number of pyridine rings is 1. The van der Waals surface area contributed by atoms with Gasteiger partial charge in [0.1, 0.15) is 35.8 Å². The Balaban J connectivity index is 0.806. The number of carbonyl (C=O) groups excluding carboxylic acids is 2. The SMILES string of the molecule is O=C(NC(c1ccccc1)c1cccc(OCc2ccc(C(=O)OCc3ncc(CNC[C@@H](O)c4ccc(O)c5[nH]c(=O)ccc45)s3)cc2)c1)O[C@H]1CN2CCC1CC2. The van der Waals surface area contributed by atoms with E-state index in [2.05, 4.69) is 25.5 Å². The maximum atomic E-state index is 13.2. The molecule has 304 valence electrons. The van der Waals surface area contributed by atoms with Crippen molar-refractivity contribution < 1.29 is 34.0 Å². The number of nitrogens with zero attached hydrogens (tertiary/aromatic N) is 2. The van der Waals surface area contributed by atoms with Crippen molar-refractivity contribution in [3.63, 3.8) is 0 Å². The summed E-state index contributed by atoms with van der Waals surface area (Å²) in [5.74, 6) is 0.510. The predicted molar refractivity (Wildman–Crippen MR) is 222 cm³/mol. The Morgan fingerprint density at radius 2 is 1.73 bits per heavy atom. The first kappa shape index (κ1) is 39.8. The minimum atomic E-state index is -0.889. The van der Waals surface area contributed by atoms with Crippen LogP contribution in [-0.4, -0.2) is 69.4 Å². The Kier molecular flexibility index (Phi) is 12.3. The second kappa shape index (κ2) is 18.2. The molecule has 0 spiro atoms. The number of aromatic nitrogens is 2. The van der Waals surface area contributed by atoms with Crippen molar-refractivity contribution in [2.24, 2.45) is 5.92 Å². The second-order valence-corrected chi connectivity index (χ2v) is 16.1. The highest BCUT2D eigenvalue weighted by molar-refractivity contribution is 7.11. The fraction of sp³-hybridized carbons (Fsp3) is 0.289. The maximum Gasteiger partial charge on any atom is 0.408 e. The molecule has 4 aromatic carbocycles. The topological polar surface area (TPSA) is 175 Å². The number of esters is 1. The number of rotatable bonds is 15. The third-order valence-electron chi connectivity index (χ3n) is 10.9. The van der Waals surface area contributed by atoms with Crippen LogP contribution in [0.3, 0.4) is 0 Å². The summed E-state index contributed by atoms with van der Waals surface area (Å²) in [5.41, 5.74) is 3.56. The standard InChI is InChI=1S/C45H45N5O8S/c51-37-15-13-35(36-14-16-40(53)48-43(36)37)38(52)24-46-22-34-23-47-41(59-34)27-57-44(54)31-11-9-28(10-12-31)26-56-33-8-4-7-32(21-33)42(30-5-2-1-3-6-30)49-45(55)58-39-25-50-19-17-29(39)18-20-50/h1-16,21,23,29,38-39,42,46,51-52H,17-20,22,24-27H2,(H,48,53)(H,49,55)/t38-,39+,42?/m1/s1. The van der Waals surface area contributed by atoms with Gasteiger partial charge in [-0.3, -0.25) is 9.69 Å². The second-order valence-electron chi connectivity index (χ2n) is 14.9. The van der Waals surface area contributed by atoms with Gasteiger partial charge in [-0.1, -0.05) is 60.7 Å². The van der Waals surface area contributed by atoms with E-state index < -0.39 is 24.2 Å². The summed E-state index contributed by atoms with van der Waals surface area (Å²) >= 11 is 1.39. The molecule has 1 amide bonds. The largest absolute Gasteiger partial charge is 0.506 e. The molecule has 6 aromatic rings. The van der Waals surface area contributed by atoms with E-state index in [9.17, 15) is 24.6 Å². The van der Waals surface area contributed by atoms with E-state index >= 15 is 0 Å². The lowest BCUT2D eigenvalue weighted by molar-refractivity contribution is -0.0336. The van der Waals surface area contributed by atoms with E-state index in [-0.39, 0.29) is 42.7 Å². The van der Waals surface area contributed by atoms with Gasteiger partial charge in [-0.05, 0) is 90.5 Å². The number of fused-ring (bicyclic) bond motifs is 4. The van der Waals surface area contributed by atoms with Gasteiger partial charge in [0.05, 0.1) is 23.2 Å². The molecule has 2 bridgehead atoms. The number of carbonyl (C=O) groups is 2. The third-order valence-corrected chi connectivity index (χ3v) is 11.8. The Morgan fingerprint density at radius 3 is 2.51 bits per heavy atom. The summed E-state index contributed by atoms with van der Waals surface area (Å²) in [6.07, 6.45) is 2.41. The molecule has 0 aliphatic carbocycles. The van der Waals surface area contributed by atoms with Gasteiger partial charge >= 0.3 is 12.1 Å². The van der Waals surface area contributed by atoms with Gasteiger partial charge in [-0.25, -0.2) is 14.6 Å². The number of aliphatic hydroxyl groups excluding tert-OH is 1. The number of phenolic OH excluding ortho intramolecular Hbond substituents is 1. The summed E-state index contributed by atoms with van der Waals surface area (Å²) in [6.45, 7) is 3.87. The van der Waals surface area contributed by atoms with Crippen LogP contribution in [0.5, 0.6) is 11.5 Å². The fourth-order valence-corrected chi connectivity index (χ4v) is 8.53. The number of aliphatic hydroxyl groups is 1. The zero-order valence-corrected chi connectivity index (χ0v) is 33.0. The first-order valence-corrected chi connectivity index (χ1v) is 20.5. The number of nitrogens with one attached hydrogen (secondary N) is 3. The fourth-order valence-electron chi connectivity index (χ4n) is 7.72. The van der Waals surface area contributed by atoms with Crippen LogP contribution in [0.25, 0.3) is 10.9 Å². The minimum absolute atomic E-state index is 0.0152. The van der Waals surface area contributed by atoms with Crippen molar-refractivity contribution in [1.82, 2.24) is 25.5 Å². The van der Waals surface area contributed by atoms with Gasteiger partial charge in [0.2, 0.25) is 5.56 Å². The number of benzene rings is 4. The number of hydrogen-bond acceptors (Lipinski definition) is 12. The molecule has 1 unspecified atom stereocenters. The molecular formula is C45H45N5O8S. The summed E-state index contributed by atoms with van der Waals surface area (Å²) in [5, 5.41) is 28.5. The number of amides is 1. The van der Waals surface area contributed by atoms with Crippen LogP contribution >= 0.6 is 11.3 Å². The van der Waals surface area contributed by atoms with Crippen molar-refractivity contribution >= 4 is 34.3 Å². The first-order valence-electron chi connectivity index (χ1n) is 19.7. The smallest absolute Gasteiger partial charge is 0.408 e. The Bertz CT molecular complexity index is 2450. The number of piperidine rings is 3. The van der Waals surface area contributed by atoms with E-state index in [1.165, 1.54) is 23.5 Å². The van der Waals surface area contributed by atoms with Crippen LogP contribution in [-0.2, 0) is 29.2 Å². The van der Waals surface area contributed by atoms with Crippen LogP contribution in [0.15, 0.2) is 114 Å². The predicted octanol–water partition coefficient (Wildman–Crippen LogP) is 6.36. The summed E-state index contributed by atoms with van der Waals surface area (Å²) in [4.78, 5) is 48.0. The molecular weight excluding hydrogens is 771 g/mol. The molecule has 3 aliphatic rings. The van der Waals surface area contributed by atoms with Gasteiger partial charge in [-0.15, -0.1) is 11.3 Å². The van der Waals surface area contributed by atoms with Crippen molar-refractivity contribution in [1.29, 1.82) is 0 Å². The summed E-state index contributed by atoms with van der Waals surface area (Å²) in [7, 11) is 0. The van der Waals surface area contributed by atoms with Crippen molar-refractivity contribution in [3.8, 4) is 11.5 Å². The van der Waals surface area contributed by atoms with Gasteiger partial charge < -0.3 is 40.0 Å². The number of aromatic amines is 1. The average Bonchev–Trinajstić information content (AvgIpc) is 3.72.